The van der Waals surface area contributed by atoms with Crippen molar-refractivity contribution in [3.05, 3.63) is 35.4 Å². The molecule has 0 fully saturated rings. The summed E-state index contributed by atoms with van der Waals surface area (Å²) in [7, 11) is 0. The van der Waals surface area contributed by atoms with E-state index in [0.717, 1.165) is 5.56 Å². The van der Waals surface area contributed by atoms with Crippen molar-refractivity contribution in [3.63, 3.8) is 0 Å². The van der Waals surface area contributed by atoms with Crippen molar-refractivity contribution in [2.24, 2.45) is 5.73 Å². The highest BCUT2D eigenvalue weighted by molar-refractivity contribution is 5.89. The van der Waals surface area contributed by atoms with Gasteiger partial charge in [-0.1, -0.05) is 12.1 Å². The van der Waals surface area contributed by atoms with Gasteiger partial charge >= 0.3 is 5.97 Å². The second kappa shape index (κ2) is 4.77. The van der Waals surface area contributed by atoms with Gasteiger partial charge in [-0.2, -0.15) is 0 Å². The highest BCUT2D eigenvalue weighted by Crippen LogP contribution is 2.11. The van der Waals surface area contributed by atoms with Gasteiger partial charge in [-0.25, -0.2) is 4.79 Å². The monoisotopic (exact) mass is 193 g/mol. The molecule has 1 aromatic rings. The smallest absolute Gasteiger partial charge is 0.338 e. The first-order valence-electron chi connectivity index (χ1n) is 4.67. The number of ether oxygens (including phenoxy) is 1. The molecule has 0 unspecified atom stereocenters. The van der Waals surface area contributed by atoms with Gasteiger partial charge in [0.1, 0.15) is 0 Å². The normalized spacial score (nSPS) is 12.2. The Bertz CT molecular complexity index is 304. The molecular formula is C11H15NO2. The van der Waals surface area contributed by atoms with Crippen LogP contribution in [0.2, 0.25) is 0 Å². The van der Waals surface area contributed by atoms with Crippen LogP contribution < -0.4 is 5.73 Å². The van der Waals surface area contributed by atoms with Gasteiger partial charge in [-0.15, -0.1) is 0 Å². The van der Waals surface area contributed by atoms with Gasteiger partial charge in [0.2, 0.25) is 0 Å². The zero-order valence-corrected chi connectivity index (χ0v) is 8.49. The van der Waals surface area contributed by atoms with Gasteiger partial charge in [0, 0.05) is 6.04 Å². The van der Waals surface area contributed by atoms with Gasteiger partial charge in [0.25, 0.3) is 0 Å². The number of nitrogens with two attached hydrogens (primary N) is 1. The van der Waals surface area contributed by atoms with E-state index in [0.29, 0.717) is 12.2 Å². The molecule has 2 N–H and O–H groups in total. The molecule has 76 valence electrons. The summed E-state index contributed by atoms with van der Waals surface area (Å²) < 4.78 is 4.86. The van der Waals surface area contributed by atoms with Crippen molar-refractivity contribution in [3.8, 4) is 0 Å². The Balaban J connectivity index is 2.78. The summed E-state index contributed by atoms with van der Waals surface area (Å²) in [5, 5.41) is 0. The van der Waals surface area contributed by atoms with E-state index >= 15 is 0 Å². The molecule has 0 heterocycles. The Morgan fingerprint density at radius 2 is 2.00 bits per heavy atom. The van der Waals surface area contributed by atoms with Crippen molar-refractivity contribution in [2.75, 3.05) is 6.61 Å². The molecule has 0 amide bonds. The van der Waals surface area contributed by atoms with E-state index in [4.69, 9.17) is 10.5 Å². The average Bonchev–Trinajstić information content (AvgIpc) is 2.18. The Morgan fingerprint density at radius 3 is 2.43 bits per heavy atom. The first kappa shape index (κ1) is 10.7. The third kappa shape index (κ3) is 2.57. The molecule has 0 aliphatic carbocycles. The van der Waals surface area contributed by atoms with E-state index in [-0.39, 0.29) is 12.0 Å². The first-order valence-corrected chi connectivity index (χ1v) is 4.67. The fraction of sp³-hybridized carbons (Fsp3) is 0.364. The number of hydrogen-bond donors (Lipinski definition) is 1. The average molecular weight is 193 g/mol. The fourth-order valence-electron chi connectivity index (χ4n) is 1.14. The van der Waals surface area contributed by atoms with Gasteiger partial charge < -0.3 is 10.5 Å². The highest BCUT2D eigenvalue weighted by atomic mass is 16.5. The Hall–Kier alpha value is -1.35. The van der Waals surface area contributed by atoms with Crippen molar-refractivity contribution >= 4 is 5.97 Å². The minimum absolute atomic E-state index is 0.00811. The molecular weight excluding hydrogens is 178 g/mol. The zero-order valence-electron chi connectivity index (χ0n) is 8.49. The maximum atomic E-state index is 11.3. The Labute approximate surface area is 83.9 Å². The third-order valence-electron chi connectivity index (χ3n) is 1.95. The van der Waals surface area contributed by atoms with Crippen LogP contribution in [0.3, 0.4) is 0 Å². The van der Waals surface area contributed by atoms with Crippen LogP contribution >= 0.6 is 0 Å². The minimum atomic E-state index is -0.288. The molecule has 1 atom stereocenters. The van der Waals surface area contributed by atoms with E-state index in [2.05, 4.69) is 0 Å². The van der Waals surface area contributed by atoms with Gasteiger partial charge in [0.15, 0.2) is 0 Å². The lowest BCUT2D eigenvalue weighted by Gasteiger charge is -2.06. The SMILES string of the molecule is CCOC(=O)c1ccc([C@@H](C)N)cc1. The lowest BCUT2D eigenvalue weighted by Crippen LogP contribution is -2.07. The predicted molar refractivity (Wildman–Crippen MR) is 55.0 cm³/mol. The molecule has 3 heteroatoms. The molecule has 0 radical (unpaired) electrons. The lowest BCUT2D eigenvalue weighted by atomic mass is 10.1. The number of hydrogen-bond acceptors (Lipinski definition) is 3. The number of rotatable bonds is 3. The molecule has 14 heavy (non-hydrogen) atoms. The topological polar surface area (TPSA) is 52.3 Å². The van der Waals surface area contributed by atoms with Crippen LogP contribution in [-0.4, -0.2) is 12.6 Å². The molecule has 0 aliphatic heterocycles. The maximum Gasteiger partial charge on any atom is 0.338 e. The second-order valence-electron chi connectivity index (χ2n) is 3.13. The quantitative estimate of drug-likeness (QED) is 0.746. The van der Waals surface area contributed by atoms with Gasteiger partial charge in [-0.05, 0) is 31.5 Å². The number of esters is 1. The van der Waals surface area contributed by atoms with E-state index in [1.165, 1.54) is 0 Å². The van der Waals surface area contributed by atoms with E-state index in [1.54, 1.807) is 19.1 Å². The Morgan fingerprint density at radius 1 is 1.43 bits per heavy atom. The molecule has 1 rings (SSSR count). The Kier molecular flexibility index (Phi) is 3.65. The number of carbonyl (C=O) groups is 1. The number of carbonyl (C=O) groups excluding carboxylic acids is 1. The van der Waals surface area contributed by atoms with Crippen molar-refractivity contribution in [2.45, 2.75) is 19.9 Å². The maximum absolute atomic E-state index is 11.3. The fourth-order valence-corrected chi connectivity index (χ4v) is 1.14. The summed E-state index contributed by atoms with van der Waals surface area (Å²) >= 11 is 0. The van der Waals surface area contributed by atoms with Crippen LogP contribution in [-0.2, 0) is 4.74 Å². The molecule has 0 aliphatic rings. The van der Waals surface area contributed by atoms with Crippen molar-refractivity contribution in [1.29, 1.82) is 0 Å². The summed E-state index contributed by atoms with van der Waals surface area (Å²) in [4.78, 5) is 11.3. The van der Waals surface area contributed by atoms with Gasteiger partial charge in [-0.3, -0.25) is 0 Å². The molecule has 0 bridgehead atoms. The van der Waals surface area contributed by atoms with E-state index in [9.17, 15) is 4.79 Å². The largest absolute Gasteiger partial charge is 0.462 e. The van der Waals surface area contributed by atoms with Crippen molar-refractivity contribution < 1.29 is 9.53 Å². The molecule has 0 saturated carbocycles. The van der Waals surface area contributed by atoms with Crippen LogP contribution in [0.5, 0.6) is 0 Å². The molecule has 0 aromatic heterocycles. The highest BCUT2D eigenvalue weighted by Gasteiger charge is 2.06. The van der Waals surface area contributed by atoms with Crippen LogP contribution in [0, 0.1) is 0 Å². The summed E-state index contributed by atoms with van der Waals surface area (Å²) in [6.45, 7) is 4.08. The van der Waals surface area contributed by atoms with Crippen LogP contribution in [0.25, 0.3) is 0 Å². The van der Waals surface area contributed by atoms with Crippen molar-refractivity contribution in [1.82, 2.24) is 0 Å². The zero-order chi connectivity index (χ0) is 10.6. The molecule has 0 saturated heterocycles. The van der Waals surface area contributed by atoms with Crippen LogP contribution in [0.15, 0.2) is 24.3 Å². The molecule has 0 spiro atoms. The summed E-state index contributed by atoms with van der Waals surface area (Å²) in [5.74, 6) is -0.288. The predicted octanol–water partition coefficient (Wildman–Crippen LogP) is 1.88. The first-order chi connectivity index (χ1) is 6.65. The second-order valence-corrected chi connectivity index (χ2v) is 3.13. The lowest BCUT2D eigenvalue weighted by molar-refractivity contribution is 0.0526. The standard InChI is InChI=1S/C11H15NO2/c1-3-14-11(13)10-6-4-9(5-7-10)8(2)12/h4-8H,3,12H2,1-2H3/t8-/m1/s1. The van der Waals surface area contributed by atoms with E-state index in [1.807, 2.05) is 19.1 Å². The van der Waals surface area contributed by atoms with E-state index < -0.39 is 0 Å². The van der Waals surface area contributed by atoms with Crippen LogP contribution in [0.4, 0.5) is 0 Å². The summed E-state index contributed by atoms with van der Waals surface area (Å²) in [5.41, 5.74) is 7.26. The minimum Gasteiger partial charge on any atom is -0.462 e. The summed E-state index contributed by atoms with van der Waals surface area (Å²) in [6.07, 6.45) is 0. The molecule has 1 aromatic carbocycles. The summed E-state index contributed by atoms with van der Waals surface area (Å²) in [6, 6.07) is 7.15. The molecule has 3 nitrogen and oxygen atoms in total. The third-order valence-corrected chi connectivity index (χ3v) is 1.95. The van der Waals surface area contributed by atoms with Gasteiger partial charge in [0.05, 0.1) is 12.2 Å². The number of benzene rings is 1. The van der Waals surface area contributed by atoms with Crippen LogP contribution in [0.1, 0.15) is 35.8 Å².